The number of ether oxygens (including phenoxy) is 1. The van der Waals surface area contributed by atoms with E-state index in [1.54, 1.807) is 0 Å². The minimum Gasteiger partial charge on any atom is -0.368 e. The zero-order valence-electron chi connectivity index (χ0n) is 9.82. The van der Waals surface area contributed by atoms with Crippen LogP contribution < -0.4 is 11.1 Å². The van der Waals surface area contributed by atoms with E-state index in [0.717, 1.165) is 24.0 Å². The van der Waals surface area contributed by atoms with Crippen molar-refractivity contribution >= 4 is 5.91 Å². The molecule has 0 bridgehead atoms. The third-order valence-corrected chi connectivity index (χ3v) is 3.01. The van der Waals surface area contributed by atoms with Crippen molar-refractivity contribution in [1.29, 1.82) is 0 Å². The van der Waals surface area contributed by atoms with Gasteiger partial charge in [0.05, 0.1) is 0 Å². The number of carbonyl (C=O) groups is 1. The fourth-order valence-corrected chi connectivity index (χ4v) is 2.01. The number of amides is 1. The maximum atomic E-state index is 11.8. The zero-order chi connectivity index (χ0) is 12.1. The van der Waals surface area contributed by atoms with E-state index in [4.69, 9.17) is 10.5 Å². The number of nitrogens with one attached hydrogen (secondary N) is 1. The first kappa shape index (κ1) is 12.1. The van der Waals surface area contributed by atoms with Crippen LogP contribution in [0.4, 0.5) is 0 Å². The Morgan fingerprint density at radius 1 is 1.41 bits per heavy atom. The van der Waals surface area contributed by atoms with Crippen LogP contribution in [0.5, 0.6) is 0 Å². The Kier molecular flexibility index (Phi) is 4.12. The predicted octanol–water partition coefficient (Wildman–Crippen LogP) is 0.940. The van der Waals surface area contributed by atoms with Gasteiger partial charge in [-0.15, -0.1) is 0 Å². The lowest BCUT2D eigenvalue weighted by molar-refractivity contribution is -0.130. The Morgan fingerprint density at radius 3 is 2.82 bits per heavy atom. The number of rotatable bonds is 4. The number of hydrogen-bond donors (Lipinski definition) is 2. The second-order valence-corrected chi connectivity index (χ2v) is 4.19. The van der Waals surface area contributed by atoms with Crippen molar-refractivity contribution in [1.82, 2.24) is 5.32 Å². The van der Waals surface area contributed by atoms with E-state index in [9.17, 15) is 4.79 Å². The Hall–Kier alpha value is -1.39. The van der Waals surface area contributed by atoms with E-state index in [1.807, 2.05) is 24.3 Å². The smallest absolute Gasteiger partial charge is 0.249 e. The third-order valence-electron chi connectivity index (χ3n) is 3.01. The highest BCUT2D eigenvalue weighted by molar-refractivity contribution is 5.80. The molecule has 4 nitrogen and oxygen atoms in total. The van der Waals surface area contributed by atoms with Gasteiger partial charge in [-0.1, -0.05) is 24.3 Å². The van der Waals surface area contributed by atoms with Crippen LogP contribution in [0.15, 0.2) is 24.3 Å². The predicted molar refractivity (Wildman–Crippen MR) is 65.2 cm³/mol. The largest absolute Gasteiger partial charge is 0.368 e. The highest BCUT2D eigenvalue weighted by Gasteiger charge is 2.23. The summed E-state index contributed by atoms with van der Waals surface area (Å²) in [6.07, 6.45) is 1.53. The van der Waals surface area contributed by atoms with Gasteiger partial charge in [0.15, 0.2) is 0 Å². The third kappa shape index (κ3) is 3.05. The summed E-state index contributed by atoms with van der Waals surface area (Å²) in [5.74, 6) is -0.0191. The van der Waals surface area contributed by atoms with Gasteiger partial charge in [-0.3, -0.25) is 4.79 Å². The average molecular weight is 234 g/mol. The average Bonchev–Trinajstić information content (AvgIpc) is 2.90. The van der Waals surface area contributed by atoms with Crippen LogP contribution in [-0.2, 0) is 22.6 Å². The summed E-state index contributed by atoms with van der Waals surface area (Å²) in [5.41, 5.74) is 7.78. The molecule has 0 spiro atoms. The summed E-state index contributed by atoms with van der Waals surface area (Å²) in [6.45, 7) is 1.70. The molecule has 0 radical (unpaired) electrons. The molecule has 0 saturated carbocycles. The number of hydrogen-bond acceptors (Lipinski definition) is 3. The minimum absolute atomic E-state index is 0.0191. The topological polar surface area (TPSA) is 64.3 Å². The SMILES string of the molecule is NCc1ccccc1CNC(=O)[C@@H]1CCCO1. The van der Waals surface area contributed by atoms with Gasteiger partial charge < -0.3 is 15.8 Å². The van der Waals surface area contributed by atoms with Crippen LogP contribution in [0, 0.1) is 0 Å². The van der Waals surface area contributed by atoms with Crippen molar-refractivity contribution in [2.75, 3.05) is 6.61 Å². The molecule has 1 saturated heterocycles. The summed E-state index contributed by atoms with van der Waals surface area (Å²) in [7, 11) is 0. The second-order valence-electron chi connectivity index (χ2n) is 4.19. The van der Waals surface area contributed by atoms with Crippen LogP contribution in [0.2, 0.25) is 0 Å². The van der Waals surface area contributed by atoms with Crippen molar-refractivity contribution < 1.29 is 9.53 Å². The number of nitrogens with two attached hydrogens (primary N) is 1. The van der Waals surface area contributed by atoms with Crippen molar-refractivity contribution in [2.45, 2.75) is 32.0 Å². The molecule has 1 aromatic rings. The molecule has 0 aliphatic carbocycles. The molecule has 17 heavy (non-hydrogen) atoms. The van der Waals surface area contributed by atoms with Crippen molar-refractivity contribution in [2.24, 2.45) is 5.73 Å². The maximum absolute atomic E-state index is 11.8. The Balaban J connectivity index is 1.90. The molecule has 3 N–H and O–H groups in total. The lowest BCUT2D eigenvalue weighted by atomic mass is 10.1. The van der Waals surface area contributed by atoms with Crippen LogP contribution in [0.1, 0.15) is 24.0 Å². The lowest BCUT2D eigenvalue weighted by Gasteiger charge is -2.12. The fourth-order valence-electron chi connectivity index (χ4n) is 2.01. The monoisotopic (exact) mass is 234 g/mol. The molecule has 1 heterocycles. The molecule has 1 aromatic carbocycles. The molecule has 0 aromatic heterocycles. The van der Waals surface area contributed by atoms with Crippen LogP contribution in [0.3, 0.4) is 0 Å². The Morgan fingerprint density at radius 2 is 2.18 bits per heavy atom. The van der Waals surface area contributed by atoms with Gasteiger partial charge in [-0.25, -0.2) is 0 Å². The van der Waals surface area contributed by atoms with Crippen molar-refractivity contribution in [3.63, 3.8) is 0 Å². The lowest BCUT2D eigenvalue weighted by Crippen LogP contribution is -2.33. The van der Waals surface area contributed by atoms with E-state index in [1.165, 1.54) is 0 Å². The molecule has 1 aliphatic rings. The molecule has 4 heteroatoms. The number of benzene rings is 1. The minimum atomic E-state index is -0.264. The standard InChI is InChI=1S/C13H18N2O2/c14-8-10-4-1-2-5-11(10)9-15-13(16)12-6-3-7-17-12/h1-2,4-5,12H,3,6-9,14H2,(H,15,16)/t12-/m0/s1. The molecule has 92 valence electrons. The number of carbonyl (C=O) groups excluding carboxylic acids is 1. The van der Waals surface area contributed by atoms with Gasteiger partial charge in [0.25, 0.3) is 0 Å². The first-order valence-electron chi connectivity index (χ1n) is 5.97. The molecule has 2 rings (SSSR count). The van der Waals surface area contributed by atoms with Crippen molar-refractivity contribution in [3.05, 3.63) is 35.4 Å². The van der Waals surface area contributed by atoms with Crippen LogP contribution in [0.25, 0.3) is 0 Å². The quantitative estimate of drug-likeness (QED) is 0.815. The van der Waals surface area contributed by atoms with Crippen molar-refractivity contribution in [3.8, 4) is 0 Å². The van der Waals surface area contributed by atoms with E-state index >= 15 is 0 Å². The van der Waals surface area contributed by atoms with Gasteiger partial charge in [0.2, 0.25) is 5.91 Å². The van der Waals surface area contributed by atoms with E-state index in [2.05, 4.69) is 5.32 Å². The summed E-state index contributed by atoms with van der Waals surface area (Å²) >= 11 is 0. The highest BCUT2D eigenvalue weighted by Crippen LogP contribution is 2.12. The Bertz CT molecular complexity index is 387. The normalized spacial score (nSPS) is 19.2. The summed E-state index contributed by atoms with van der Waals surface area (Å²) in [5, 5.41) is 2.90. The second kappa shape index (κ2) is 5.80. The summed E-state index contributed by atoms with van der Waals surface area (Å²) in [4.78, 5) is 11.8. The first-order chi connectivity index (χ1) is 8.31. The van der Waals surface area contributed by atoms with Gasteiger partial charge in [-0.05, 0) is 24.0 Å². The highest BCUT2D eigenvalue weighted by atomic mass is 16.5. The molecule has 0 unspecified atom stereocenters. The van der Waals surface area contributed by atoms with E-state index in [-0.39, 0.29) is 12.0 Å². The molecular weight excluding hydrogens is 216 g/mol. The fraction of sp³-hybridized carbons (Fsp3) is 0.462. The van der Waals surface area contributed by atoms with Crippen LogP contribution in [-0.4, -0.2) is 18.6 Å². The maximum Gasteiger partial charge on any atom is 0.249 e. The van der Waals surface area contributed by atoms with Gasteiger partial charge in [0, 0.05) is 19.7 Å². The molecule has 1 aliphatic heterocycles. The summed E-state index contributed by atoms with van der Waals surface area (Å²) < 4.78 is 5.32. The molecular formula is C13H18N2O2. The van der Waals surface area contributed by atoms with E-state index in [0.29, 0.717) is 19.7 Å². The van der Waals surface area contributed by atoms with Gasteiger partial charge >= 0.3 is 0 Å². The summed E-state index contributed by atoms with van der Waals surface area (Å²) in [6, 6.07) is 7.87. The van der Waals surface area contributed by atoms with E-state index < -0.39 is 0 Å². The zero-order valence-corrected chi connectivity index (χ0v) is 9.82. The Labute approximate surface area is 101 Å². The molecule has 1 atom stereocenters. The molecule has 1 fully saturated rings. The van der Waals surface area contributed by atoms with Crippen LogP contribution >= 0.6 is 0 Å². The van der Waals surface area contributed by atoms with Gasteiger partial charge in [-0.2, -0.15) is 0 Å². The molecule has 1 amide bonds. The first-order valence-corrected chi connectivity index (χ1v) is 5.97. The van der Waals surface area contributed by atoms with Gasteiger partial charge in [0.1, 0.15) is 6.10 Å².